The Kier molecular flexibility index (Phi) is 7.59. The van der Waals surface area contributed by atoms with Gasteiger partial charge < -0.3 is 13.8 Å². The Morgan fingerprint density at radius 1 is 1.23 bits per heavy atom. The molecule has 0 aliphatic carbocycles. The quantitative estimate of drug-likeness (QED) is 0.291. The Bertz CT molecular complexity index is 538. The summed E-state index contributed by atoms with van der Waals surface area (Å²) in [6.45, 7) is 4.10. The highest BCUT2D eigenvalue weighted by molar-refractivity contribution is 7.54. The fourth-order valence-corrected chi connectivity index (χ4v) is 3.59. The van der Waals surface area contributed by atoms with Gasteiger partial charge in [-0.25, -0.2) is 0 Å². The molecule has 0 spiro atoms. The normalized spacial score (nSPS) is 14.4. The highest BCUT2D eigenvalue weighted by atomic mass is 31.2. The van der Waals surface area contributed by atoms with Crippen molar-refractivity contribution in [3.8, 4) is 0 Å². The Morgan fingerprint density at radius 3 is 2.27 bits per heavy atom. The summed E-state index contributed by atoms with van der Waals surface area (Å²) in [7, 11) is -1.06. The van der Waals surface area contributed by atoms with Gasteiger partial charge in [0.1, 0.15) is 0 Å². The summed E-state index contributed by atoms with van der Waals surface area (Å²) in [6, 6.07) is 9.57. The first-order valence-electron chi connectivity index (χ1n) is 6.89. The van der Waals surface area contributed by atoms with E-state index in [9.17, 15) is 4.57 Å². The third kappa shape index (κ3) is 4.83. The van der Waals surface area contributed by atoms with Crippen molar-refractivity contribution in [1.29, 1.82) is 0 Å². The molecule has 22 heavy (non-hydrogen) atoms. The van der Waals surface area contributed by atoms with E-state index < -0.39 is 19.5 Å². The summed E-state index contributed by atoms with van der Waals surface area (Å²) in [5, 5.41) is 3.61. The van der Waals surface area contributed by atoms with Crippen LogP contribution in [0.5, 0.6) is 0 Å². The molecule has 0 saturated heterocycles. The van der Waals surface area contributed by atoms with Gasteiger partial charge in [0.15, 0.2) is 5.78 Å². The first kappa shape index (κ1) is 18.7. The molecular weight excluding hydrogens is 305 g/mol. The summed E-state index contributed by atoms with van der Waals surface area (Å²) < 4.78 is 28.4. The monoisotopic (exact) mass is 327 g/mol. The molecule has 0 saturated carbocycles. The Balaban J connectivity index is 2.99. The predicted octanol–water partition coefficient (Wildman–Crippen LogP) is 4.35. The third-order valence-electron chi connectivity index (χ3n) is 3.24. The van der Waals surface area contributed by atoms with Gasteiger partial charge in [0.2, 0.25) is 0 Å². The van der Waals surface area contributed by atoms with Gasteiger partial charge in [-0.1, -0.05) is 49.3 Å². The molecule has 1 aromatic rings. The molecule has 122 valence electrons. The van der Waals surface area contributed by atoms with Crippen molar-refractivity contribution < 1.29 is 18.3 Å². The summed E-state index contributed by atoms with van der Waals surface area (Å²) >= 11 is 0. The number of azide groups is 1. The standard InChI is InChI=1S/C14H22N3O4P/c1-11(2)13(21-10-12-8-6-5-7-9-12)14(16-17-15)22(18,19-3)20-4/h5-9,11,13-14H,10H2,1-4H3/t13-,14+/m0/s1. The van der Waals surface area contributed by atoms with Crippen molar-refractivity contribution in [1.82, 2.24) is 0 Å². The zero-order valence-corrected chi connectivity index (χ0v) is 14.1. The molecule has 0 heterocycles. The molecule has 0 bridgehead atoms. The topological polar surface area (TPSA) is 93.5 Å². The maximum Gasteiger partial charge on any atom is 0.341 e. The molecule has 0 aromatic heterocycles. The molecule has 2 atom stereocenters. The van der Waals surface area contributed by atoms with Crippen molar-refractivity contribution in [2.45, 2.75) is 32.3 Å². The van der Waals surface area contributed by atoms with Crippen LogP contribution in [0.4, 0.5) is 0 Å². The minimum atomic E-state index is -3.58. The van der Waals surface area contributed by atoms with Crippen LogP contribution in [0, 0.1) is 5.92 Å². The Morgan fingerprint density at radius 2 is 1.82 bits per heavy atom. The second kappa shape index (κ2) is 8.93. The van der Waals surface area contributed by atoms with E-state index in [0.29, 0.717) is 6.61 Å². The lowest BCUT2D eigenvalue weighted by molar-refractivity contribution is 0.00346. The Hall–Kier alpha value is -1.36. The second-order valence-electron chi connectivity index (χ2n) is 5.03. The minimum Gasteiger partial charge on any atom is -0.372 e. The van der Waals surface area contributed by atoms with Crippen LogP contribution in [0.25, 0.3) is 10.4 Å². The molecule has 1 rings (SSSR count). The molecule has 0 amide bonds. The van der Waals surface area contributed by atoms with E-state index in [1.54, 1.807) is 0 Å². The summed E-state index contributed by atoms with van der Waals surface area (Å²) in [6.07, 6.45) is -0.596. The average molecular weight is 327 g/mol. The smallest absolute Gasteiger partial charge is 0.341 e. The number of hydrogen-bond acceptors (Lipinski definition) is 5. The first-order chi connectivity index (χ1) is 10.5. The molecule has 7 nitrogen and oxygen atoms in total. The summed E-state index contributed by atoms with van der Waals surface area (Å²) in [5.41, 5.74) is 9.75. The van der Waals surface area contributed by atoms with E-state index >= 15 is 0 Å². The van der Waals surface area contributed by atoms with E-state index in [4.69, 9.17) is 19.3 Å². The molecule has 0 fully saturated rings. The van der Waals surface area contributed by atoms with Crippen molar-refractivity contribution in [3.63, 3.8) is 0 Å². The lowest BCUT2D eigenvalue weighted by Crippen LogP contribution is -2.33. The fraction of sp³-hybridized carbons (Fsp3) is 0.571. The second-order valence-corrected chi connectivity index (χ2v) is 7.37. The molecule has 8 heteroatoms. The lowest BCUT2D eigenvalue weighted by Gasteiger charge is -2.30. The molecule has 0 radical (unpaired) electrons. The van der Waals surface area contributed by atoms with E-state index in [-0.39, 0.29) is 5.92 Å². The van der Waals surface area contributed by atoms with Crippen molar-refractivity contribution >= 4 is 7.60 Å². The van der Waals surface area contributed by atoms with Crippen LogP contribution in [-0.4, -0.2) is 26.1 Å². The molecular formula is C14H22N3O4P. The number of nitrogens with zero attached hydrogens (tertiary/aromatic N) is 3. The van der Waals surface area contributed by atoms with Gasteiger partial charge in [0.25, 0.3) is 0 Å². The molecule has 1 aromatic carbocycles. The van der Waals surface area contributed by atoms with Crippen LogP contribution in [-0.2, 0) is 25.0 Å². The third-order valence-corrected chi connectivity index (χ3v) is 5.30. The van der Waals surface area contributed by atoms with E-state index in [1.807, 2.05) is 44.2 Å². The number of rotatable bonds is 9. The maximum absolute atomic E-state index is 12.6. The average Bonchev–Trinajstić information content (AvgIpc) is 2.54. The molecule has 0 unspecified atom stereocenters. The number of ether oxygens (including phenoxy) is 1. The summed E-state index contributed by atoms with van der Waals surface area (Å²) in [4.78, 5) is 2.77. The fourth-order valence-electron chi connectivity index (χ4n) is 2.04. The zero-order chi connectivity index (χ0) is 16.6. The minimum absolute atomic E-state index is 0.0437. The van der Waals surface area contributed by atoms with Gasteiger partial charge in [-0.3, -0.25) is 4.57 Å². The maximum atomic E-state index is 12.6. The highest BCUT2D eigenvalue weighted by Gasteiger charge is 2.41. The SMILES string of the molecule is COP(=O)(OC)[C@@H](N=[N+]=[N-])[C@@H](OCc1ccccc1)C(C)C. The molecule has 0 aliphatic rings. The lowest BCUT2D eigenvalue weighted by atomic mass is 10.1. The van der Waals surface area contributed by atoms with Gasteiger partial charge in [0, 0.05) is 19.1 Å². The first-order valence-corrected chi connectivity index (χ1v) is 8.50. The van der Waals surface area contributed by atoms with Gasteiger partial charge in [-0.2, -0.15) is 0 Å². The summed E-state index contributed by atoms with van der Waals surface area (Å²) in [5.74, 6) is -1.09. The Labute approximate surface area is 130 Å². The van der Waals surface area contributed by atoms with Crippen molar-refractivity contribution in [2.75, 3.05) is 14.2 Å². The largest absolute Gasteiger partial charge is 0.372 e. The number of hydrogen-bond donors (Lipinski definition) is 0. The van der Waals surface area contributed by atoms with Crippen molar-refractivity contribution in [3.05, 3.63) is 46.3 Å². The van der Waals surface area contributed by atoms with E-state index in [0.717, 1.165) is 5.56 Å². The predicted molar refractivity (Wildman–Crippen MR) is 84.4 cm³/mol. The van der Waals surface area contributed by atoms with Crippen LogP contribution in [0.3, 0.4) is 0 Å². The van der Waals surface area contributed by atoms with Crippen LogP contribution in [0.1, 0.15) is 19.4 Å². The number of benzene rings is 1. The van der Waals surface area contributed by atoms with Gasteiger partial charge >= 0.3 is 7.60 Å². The molecule has 0 N–H and O–H groups in total. The van der Waals surface area contributed by atoms with Gasteiger partial charge in [-0.05, 0) is 17.0 Å². The van der Waals surface area contributed by atoms with Crippen LogP contribution in [0.15, 0.2) is 35.4 Å². The van der Waals surface area contributed by atoms with Crippen LogP contribution in [0.2, 0.25) is 0 Å². The van der Waals surface area contributed by atoms with Crippen LogP contribution < -0.4 is 0 Å². The van der Waals surface area contributed by atoms with Crippen LogP contribution >= 0.6 is 7.60 Å². The van der Waals surface area contributed by atoms with Gasteiger partial charge in [-0.15, -0.1) is 0 Å². The highest BCUT2D eigenvalue weighted by Crippen LogP contribution is 2.54. The van der Waals surface area contributed by atoms with Crippen molar-refractivity contribution in [2.24, 2.45) is 11.0 Å². The zero-order valence-electron chi connectivity index (χ0n) is 13.2. The van der Waals surface area contributed by atoms with E-state index in [1.165, 1.54) is 14.2 Å². The van der Waals surface area contributed by atoms with Gasteiger partial charge in [0.05, 0.1) is 12.7 Å². The molecule has 0 aliphatic heterocycles. The van der Waals surface area contributed by atoms with E-state index in [2.05, 4.69) is 10.0 Å².